The summed E-state index contributed by atoms with van der Waals surface area (Å²) in [6, 6.07) is 19.4. The van der Waals surface area contributed by atoms with E-state index in [0.29, 0.717) is 18.2 Å². The van der Waals surface area contributed by atoms with Crippen LogP contribution in [-0.4, -0.2) is 58.6 Å². The number of halogens is 3. The second-order valence-electron chi connectivity index (χ2n) is 8.79. The number of amides is 1. The fourth-order valence-corrected chi connectivity index (χ4v) is 4.95. The lowest BCUT2D eigenvalue weighted by molar-refractivity contribution is -0.192. The van der Waals surface area contributed by atoms with E-state index in [4.69, 9.17) is 9.90 Å². The molecule has 1 atom stereocenters. The molecule has 8 heteroatoms. The molecule has 0 radical (unpaired) electrons. The van der Waals surface area contributed by atoms with E-state index >= 15 is 0 Å². The van der Waals surface area contributed by atoms with E-state index < -0.39 is 12.1 Å². The molecule has 2 heterocycles. The molecule has 2 aromatic carbocycles. The number of rotatable bonds is 3. The van der Waals surface area contributed by atoms with E-state index in [0.717, 1.165) is 32.5 Å². The number of carbonyl (C=O) groups excluding carboxylic acids is 1. The van der Waals surface area contributed by atoms with Gasteiger partial charge in [-0.3, -0.25) is 9.69 Å². The molecule has 0 bridgehead atoms. The Morgan fingerprint density at radius 2 is 1.70 bits per heavy atom. The number of hydrogen-bond donors (Lipinski definition) is 1. The highest BCUT2D eigenvalue weighted by molar-refractivity contribution is 5.81. The van der Waals surface area contributed by atoms with E-state index in [9.17, 15) is 18.0 Å². The van der Waals surface area contributed by atoms with Crippen LogP contribution >= 0.6 is 0 Å². The molecule has 5 nitrogen and oxygen atoms in total. The van der Waals surface area contributed by atoms with Gasteiger partial charge >= 0.3 is 12.1 Å². The fourth-order valence-electron chi connectivity index (χ4n) is 4.95. The Bertz CT molecular complexity index is 970. The number of hydrogen-bond acceptors (Lipinski definition) is 3. The number of likely N-dealkylation sites (N-methyl/N-ethyl adjacent to an activating group) is 1. The van der Waals surface area contributed by atoms with E-state index in [2.05, 4.69) is 71.3 Å². The predicted octanol–water partition coefficient (Wildman–Crippen LogP) is 4.61. The van der Waals surface area contributed by atoms with Crippen molar-refractivity contribution < 1.29 is 27.9 Å². The van der Waals surface area contributed by atoms with Crippen molar-refractivity contribution >= 4 is 11.9 Å². The van der Waals surface area contributed by atoms with Crippen LogP contribution in [0.1, 0.15) is 41.9 Å². The van der Waals surface area contributed by atoms with Crippen molar-refractivity contribution in [2.24, 2.45) is 0 Å². The lowest BCUT2D eigenvalue weighted by Crippen LogP contribution is -2.53. The summed E-state index contributed by atoms with van der Waals surface area (Å²) in [7, 11) is 2.02. The van der Waals surface area contributed by atoms with Gasteiger partial charge in [0.2, 0.25) is 5.91 Å². The average molecular weight is 463 g/mol. The molecule has 1 spiro atoms. The Labute approximate surface area is 191 Å². The first-order chi connectivity index (χ1) is 15.5. The van der Waals surface area contributed by atoms with Gasteiger partial charge in [0.05, 0.1) is 5.54 Å². The topological polar surface area (TPSA) is 60.9 Å². The van der Waals surface area contributed by atoms with Crippen molar-refractivity contribution in [3.63, 3.8) is 0 Å². The number of aliphatic carboxylic acids is 1. The van der Waals surface area contributed by atoms with Crippen LogP contribution in [0.3, 0.4) is 0 Å². The molecule has 2 saturated heterocycles. The zero-order valence-electron chi connectivity index (χ0n) is 18.8. The molecule has 2 aliphatic rings. The first kappa shape index (κ1) is 24.8. The van der Waals surface area contributed by atoms with Gasteiger partial charge in [0.25, 0.3) is 0 Å². The summed E-state index contributed by atoms with van der Waals surface area (Å²) in [4.78, 5) is 26.1. The summed E-state index contributed by atoms with van der Waals surface area (Å²) in [5.74, 6) is -2.14. The Morgan fingerprint density at radius 1 is 1.09 bits per heavy atom. The smallest absolute Gasteiger partial charge is 0.475 e. The summed E-state index contributed by atoms with van der Waals surface area (Å²) in [5, 5.41) is 7.12. The number of piperidine rings is 1. The van der Waals surface area contributed by atoms with Gasteiger partial charge in [-0.25, -0.2) is 4.79 Å². The maximum Gasteiger partial charge on any atom is 0.490 e. The molecule has 2 aromatic rings. The van der Waals surface area contributed by atoms with Gasteiger partial charge < -0.3 is 10.0 Å². The number of benzene rings is 2. The van der Waals surface area contributed by atoms with Crippen molar-refractivity contribution in [1.82, 2.24) is 9.80 Å². The Morgan fingerprint density at radius 3 is 2.24 bits per heavy atom. The van der Waals surface area contributed by atoms with Crippen LogP contribution in [0.15, 0.2) is 54.6 Å². The van der Waals surface area contributed by atoms with E-state index in [1.807, 2.05) is 7.05 Å². The number of carboxylic acid groups (broad SMARTS) is 1. The van der Waals surface area contributed by atoms with Gasteiger partial charge in [0.15, 0.2) is 0 Å². The molecule has 0 aliphatic carbocycles. The summed E-state index contributed by atoms with van der Waals surface area (Å²) in [6.45, 7) is 5.26. The van der Waals surface area contributed by atoms with Crippen molar-refractivity contribution in [3.05, 3.63) is 71.3 Å². The number of carbonyl (C=O) groups is 2. The summed E-state index contributed by atoms with van der Waals surface area (Å²) in [5.41, 5.74) is 4.01. The highest BCUT2D eigenvalue weighted by Crippen LogP contribution is 2.48. The van der Waals surface area contributed by atoms with E-state index in [-0.39, 0.29) is 5.54 Å². The third kappa shape index (κ3) is 5.74. The largest absolute Gasteiger partial charge is 0.490 e. The molecule has 1 N–H and O–H groups in total. The maximum absolute atomic E-state index is 12.6. The fraction of sp³-hybridized carbons (Fsp3) is 0.440. The Kier molecular flexibility index (Phi) is 7.47. The molecule has 0 saturated carbocycles. The highest BCUT2D eigenvalue weighted by Gasteiger charge is 2.52. The number of likely N-dealkylation sites (tertiary alicyclic amines) is 2. The van der Waals surface area contributed by atoms with Crippen LogP contribution in [0, 0.1) is 6.92 Å². The number of nitrogens with zero attached hydrogens (tertiary/aromatic N) is 2. The van der Waals surface area contributed by atoms with Crippen molar-refractivity contribution in [2.45, 2.75) is 50.4 Å². The normalized spacial score (nSPS) is 20.5. The molecule has 33 heavy (non-hydrogen) atoms. The molecular weight excluding hydrogens is 433 g/mol. The molecular formula is C25H29F3N2O3. The SMILES string of the molecule is Cc1cccc(CN2CCC3(CC2)C(c2ccccc2)CC(=O)N3C)c1.O=C(O)C(F)(F)F. The second kappa shape index (κ2) is 9.95. The number of alkyl halides is 3. The second-order valence-corrected chi connectivity index (χ2v) is 8.79. The van der Waals surface area contributed by atoms with Crippen LogP contribution in [0.5, 0.6) is 0 Å². The average Bonchev–Trinajstić information content (AvgIpc) is 3.01. The molecule has 178 valence electrons. The van der Waals surface area contributed by atoms with Gasteiger partial charge in [0.1, 0.15) is 0 Å². The first-order valence-corrected chi connectivity index (χ1v) is 10.9. The zero-order valence-corrected chi connectivity index (χ0v) is 18.8. The minimum Gasteiger partial charge on any atom is -0.475 e. The van der Waals surface area contributed by atoms with Gasteiger partial charge in [0, 0.05) is 39.0 Å². The van der Waals surface area contributed by atoms with Gasteiger partial charge in [-0.2, -0.15) is 13.2 Å². The zero-order chi connectivity index (χ0) is 24.2. The Hall–Kier alpha value is -2.87. The third-order valence-corrected chi connectivity index (χ3v) is 6.72. The lowest BCUT2D eigenvalue weighted by Gasteiger charge is -2.47. The standard InChI is InChI=1S/C23H28N2O.C2HF3O2/c1-18-7-6-8-19(15-18)17-25-13-11-23(12-14-25)21(16-22(26)24(23)2)20-9-4-3-5-10-20;3-2(4,5)1(6)7/h3-10,15,21H,11-14,16-17H2,1-2H3;(H,6,7). The van der Waals surface area contributed by atoms with Crippen LogP contribution < -0.4 is 0 Å². The van der Waals surface area contributed by atoms with Gasteiger partial charge in [-0.15, -0.1) is 0 Å². The summed E-state index contributed by atoms with van der Waals surface area (Å²) >= 11 is 0. The van der Waals surface area contributed by atoms with Crippen LogP contribution in [0.4, 0.5) is 13.2 Å². The Balaban J connectivity index is 0.000000383. The highest BCUT2D eigenvalue weighted by atomic mass is 19.4. The number of aryl methyl sites for hydroxylation is 1. The lowest BCUT2D eigenvalue weighted by atomic mass is 9.73. The van der Waals surface area contributed by atoms with Crippen molar-refractivity contribution in [2.75, 3.05) is 20.1 Å². The van der Waals surface area contributed by atoms with Crippen LogP contribution in [-0.2, 0) is 16.1 Å². The minimum absolute atomic E-state index is 0.0124. The summed E-state index contributed by atoms with van der Waals surface area (Å²) < 4.78 is 31.7. The van der Waals surface area contributed by atoms with Crippen LogP contribution in [0.2, 0.25) is 0 Å². The van der Waals surface area contributed by atoms with Crippen molar-refractivity contribution in [3.8, 4) is 0 Å². The van der Waals surface area contributed by atoms with E-state index in [1.54, 1.807) is 0 Å². The van der Waals surface area contributed by atoms with Gasteiger partial charge in [-0.1, -0.05) is 60.2 Å². The maximum atomic E-state index is 12.6. The first-order valence-electron chi connectivity index (χ1n) is 10.9. The summed E-state index contributed by atoms with van der Waals surface area (Å²) in [6.07, 6.45) is -2.32. The molecule has 2 fully saturated rings. The predicted molar refractivity (Wildman–Crippen MR) is 119 cm³/mol. The minimum atomic E-state index is -5.08. The molecule has 0 aromatic heterocycles. The van der Waals surface area contributed by atoms with Gasteiger partial charge in [-0.05, 0) is 30.9 Å². The van der Waals surface area contributed by atoms with Crippen LogP contribution in [0.25, 0.3) is 0 Å². The molecule has 4 rings (SSSR count). The quantitative estimate of drug-likeness (QED) is 0.724. The monoisotopic (exact) mass is 462 g/mol. The molecule has 1 unspecified atom stereocenters. The number of carboxylic acids is 1. The van der Waals surface area contributed by atoms with Crippen molar-refractivity contribution in [1.29, 1.82) is 0 Å². The molecule has 1 amide bonds. The van der Waals surface area contributed by atoms with E-state index in [1.165, 1.54) is 16.7 Å². The third-order valence-electron chi connectivity index (χ3n) is 6.72. The molecule has 2 aliphatic heterocycles.